The predicted molar refractivity (Wildman–Crippen MR) is 28.5 cm³/mol. The maximum atomic E-state index is 10.6. The highest BCUT2D eigenvalue weighted by Crippen LogP contribution is 1.98. The van der Waals surface area contributed by atoms with Crippen LogP contribution in [0.2, 0.25) is 0 Å². The van der Waals surface area contributed by atoms with Gasteiger partial charge < -0.3 is 10.4 Å². The topological polar surface area (TPSA) is 49.3 Å². The van der Waals surface area contributed by atoms with E-state index in [1.165, 1.54) is 0 Å². The Morgan fingerprint density at radius 3 is 2.62 bits per heavy atom. The molecule has 8 heavy (non-hydrogen) atoms. The molecule has 0 aliphatic carbocycles. The van der Waals surface area contributed by atoms with Crippen LogP contribution in [0.15, 0.2) is 0 Å². The second-order valence-corrected chi connectivity index (χ2v) is 2.05. The third-order valence-electron chi connectivity index (χ3n) is 1.37. The molecular formula is C5H9NO2. The van der Waals surface area contributed by atoms with Crippen LogP contribution in [0.1, 0.15) is 6.92 Å². The third-order valence-corrected chi connectivity index (χ3v) is 1.37. The summed E-state index contributed by atoms with van der Waals surface area (Å²) >= 11 is 0. The fourth-order valence-corrected chi connectivity index (χ4v) is 0.778. The molecule has 0 bridgehead atoms. The van der Waals surface area contributed by atoms with Crippen LogP contribution in [-0.4, -0.2) is 29.6 Å². The Kier molecular flexibility index (Phi) is 1.31. The maximum Gasteiger partial charge on any atom is 0.179 e. The summed E-state index contributed by atoms with van der Waals surface area (Å²) in [5.74, 6) is -0.0926. The quantitative estimate of drug-likeness (QED) is 0.421. The molecule has 2 unspecified atom stereocenters. The number of hydrogen-bond donors (Lipinski definition) is 2. The van der Waals surface area contributed by atoms with Gasteiger partial charge in [-0.1, -0.05) is 0 Å². The molecule has 0 radical (unpaired) electrons. The minimum Gasteiger partial charge on any atom is -0.384 e. The van der Waals surface area contributed by atoms with Crippen LogP contribution >= 0.6 is 0 Å². The number of hydrogen-bond acceptors (Lipinski definition) is 3. The van der Waals surface area contributed by atoms with Crippen molar-refractivity contribution in [1.82, 2.24) is 5.32 Å². The Bertz CT molecular complexity index is 101. The van der Waals surface area contributed by atoms with Crippen molar-refractivity contribution in [2.45, 2.75) is 19.1 Å². The molecule has 2 N–H and O–H groups in total. The van der Waals surface area contributed by atoms with Crippen molar-refractivity contribution in [2.24, 2.45) is 0 Å². The largest absolute Gasteiger partial charge is 0.384 e. The van der Waals surface area contributed by atoms with Gasteiger partial charge in [0.25, 0.3) is 0 Å². The number of aliphatic hydroxyl groups is 1. The molecule has 0 aromatic rings. The summed E-state index contributed by atoms with van der Waals surface area (Å²) in [7, 11) is 0. The molecule has 2 atom stereocenters. The lowest BCUT2D eigenvalue weighted by molar-refractivity contribution is -0.124. The van der Waals surface area contributed by atoms with Crippen molar-refractivity contribution >= 4 is 5.78 Å². The lowest BCUT2D eigenvalue weighted by Crippen LogP contribution is -2.23. The zero-order valence-electron chi connectivity index (χ0n) is 4.72. The Morgan fingerprint density at radius 2 is 2.50 bits per heavy atom. The number of carbonyl (C=O) groups is 1. The van der Waals surface area contributed by atoms with Crippen molar-refractivity contribution in [1.29, 1.82) is 0 Å². The first-order valence-corrected chi connectivity index (χ1v) is 2.67. The van der Waals surface area contributed by atoms with E-state index in [1.807, 2.05) is 0 Å². The van der Waals surface area contributed by atoms with Gasteiger partial charge in [-0.05, 0) is 6.92 Å². The molecular weight excluding hydrogens is 106 g/mol. The van der Waals surface area contributed by atoms with Gasteiger partial charge in [-0.25, -0.2) is 0 Å². The highest BCUT2D eigenvalue weighted by molar-refractivity contribution is 5.89. The summed E-state index contributed by atoms with van der Waals surface area (Å²) in [5.41, 5.74) is 0. The van der Waals surface area contributed by atoms with Gasteiger partial charge in [-0.15, -0.1) is 0 Å². The van der Waals surface area contributed by atoms with Crippen LogP contribution < -0.4 is 5.32 Å². The standard InChI is InChI=1S/C5H9NO2/c1-3-5(8)4(7)2-6-3/h3-4,6-7H,2H2,1H3. The van der Waals surface area contributed by atoms with E-state index in [-0.39, 0.29) is 11.8 Å². The van der Waals surface area contributed by atoms with E-state index in [2.05, 4.69) is 5.32 Å². The van der Waals surface area contributed by atoms with E-state index in [1.54, 1.807) is 6.92 Å². The van der Waals surface area contributed by atoms with E-state index < -0.39 is 6.10 Å². The number of aliphatic hydroxyl groups excluding tert-OH is 1. The molecule has 1 heterocycles. The highest BCUT2D eigenvalue weighted by Gasteiger charge is 2.27. The van der Waals surface area contributed by atoms with Gasteiger partial charge in [0, 0.05) is 6.54 Å². The summed E-state index contributed by atoms with van der Waals surface area (Å²) in [6, 6.07) is -0.148. The smallest absolute Gasteiger partial charge is 0.179 e. The number of nitrogens with one attached hydrogen (secondary N) is 1. The molecule has 3 nitrogen and oxygen atoms in total. The van der Waals surface area contributed by atoms with E-state index in [0.29, 0.717) is 6.54 Å². The average Bonchev–Trinajstić information content (AvgIpc) is 1.98. The SMILES string of the molecule is CC1NCC(O)C1=O. The summed E-state index contributed by atoms with van der Waals surface area (Å²) < 4.78 is 0. The molecule has 3 heteroatoms. The molecule has 1 saturated heterocycles. The molecule has 0 spiro atoms. The van der Waals surface area contributed by atoms with Crippen molar-refractivity contribution in [3.05, 3.63) is 0 Å². The number of rotatable bonds is 0. The zero-order chi connectivity index (χ0) is 6.15. The van der Waals surface area contributed by atoms with Gasteiger partial charge >= 0.3 is 0 Å². The van der Waals surface area contributed by atoms with Crippen molar-refractivity contribution in [3.8, 4) is 0 Å². The highest BCUT2D eigenvalue weighted by atomic mass is 16.3. The van der Waals surface area contributed by atoms with Gasteiger partial charge in [0.05, 0.1) is 6.04 Å². The molecule has 0 saturated carbocycles. The first-order valence-electron chi connectivity index (χ1n) is 2.67. The van der Waals surface area contributed by atoms with E-state index in [0.717, 1.165) is 0 Å². The normalized spacial score (nSPS) is 38.5. The number of ketones is 1. The molecule has 46 valence electrons. The first-order chi connectivity index (χ1) is 3.72. The van der Waals surface area contributed by atoms with Crippen LogP contribution in [0.3, 0.4) is 0 Å². The molecule has 0 amide bonds. The van der Waals surface area contributed by atoms with Gasteiger partial charge in [-0.3, -0.25) is 4.79 Å². The summed E-state index contributed by atoms with van der Waals surface area (Å²) in [6.45, 7) is 2.17. The molecule has 0 aromatic carbocycles. The van der Waals surface area contributed by atoms with Crippen LogP contribution in [0.25, 0.3) is 0 Å². The minimum atomic E-state index is -0.759. The van der Waals surface area contributed by atoms with E-state index in [4.69, 9.17) is 5.11 Å². The van der Waals surface area contributed by atoms with Gasteiger partial charge in [0.15, 0.2) is 5.78 Å². The number of carbonyl (C=O) groups excluding carboxylic acids is 1. The second kappa shape index (κ2) is 1.84. The first kappa shape index (κ1) is 5.72. The Morgan fingerprint density at radius 1 is 1.88 bits per heavy atom. The third kappa shape index (κ3) is 0.743. The molecule has 0 aromatic heterocycles. The van der Waals surface area contributed by atoms with Crippen molar-refractivity contribution < 1.29 is 9.90 Å². The lowest BCUT2D eigenvalue weighted by atomic mass is 10.2. The molecule has 1 aliphatic rings. The minimum absolute atomic E-state index is 0.0926. The lowest BCUT2D eigenvalue weighted by Gasteiger charge is -1.95. The Balaban J connectivity index is 2.57. The fourth-order valence-electron chi connectivity index (χ4n) is 0.778. The Hall–Kier alpha value is -0.410. The second-order valence-electron chi connectivity index (χ2n) is 2.05. The molecule has 1 fully saturated rings. The van der Waals surface area contributed by atoms with Gasteiger partial charge in [0.2, 0.25) is 0 Å². The number of Topliss-reactive ketones (excluding diaryl/α,β-unsaturated/α-hetero) is 1. The van der Waals surface area contributed by atoms with Gasteiger partial charge in [0.1, 0.15) is 6.10 Å². The van der Waals surface area contributed by atoms with E-state index >= 15 is 0 Å². The van der Waals surface area contributed by atoms with Crippen LogP contribution in [0.5, 0.6) is 0 Å². The summed E-state index contributed by atoms with van der Waals surface area (Å²) in [4.78, 5) is 10.6. The number of β-amino-alcohol motifs (C(OH)–C–C–N with tert-alkyl or cyclic N) is 1. The average molecular weight is 115 g/mol. The maximum absolute atomic E-state index is 10.6. The molecule has 1 aliphatic heterocycles. The summed E-state index contributed by atoms with van der Waals surface area (Å²) in [6.07, 6.45) is -0.759. The van der Waals surface area contributed by atoms with E-state index in [9.17, 15) is 4.79 Å². The predicted octanol–water partition coefficient (Wildman–Crippen LogP) is -1.09. The van der Waals surface area contributed by atoms with Gasteiger partial charge in [-0.2, -0.15) is 0 Å². The molecule has 1 rings (SSSR count). The van der Waals surface area contributed by atoms with Crippen molar-refractivity contribution in [2.75, 3.05) is 6.54 Å². The Labute approximate surface area is 47.7 Å². The van der Waals surface area contributed by atoms with Crippen LogP contribution in [0.4, 0.5) is 0 Å². The zero-order valence-corrected chi connectivity index (χ0v) is 4.72. The van der Waals surface area contributed by atoms with Crippen LogP contribution in [-0.2, 0) is 4.79 Å². The summed E-state index contributed by atoms with van der Waals surface area (Å²) in [5, 5.41) is 11.6. The van der Waals surface area contributed by atoms with Crippen molar-refractivity contribution in [3.63, 3.8) is 0 Å². The fraction of sp³-hybridized carbons (Fsp3) is 0.800. The van der Waals surface area contributed by atoms with Crippen LogP contribution in [0, 0.1) is 0 Å². The monoisotopic (exact) mass is 115 g/mol.